The molecular weight excluding hydrogens is 188 g/mol. The average Bonchev–Trinajstić information content (AvgIpc) is 2.15. The van der Waals surface area contributed by atoms with Gasteiger partial charge in [0.15, 0.2) is 0 Å². The van der Waals surface area contributed by atoms with Crippen LogP contribution in [-0.4, -0.2) is 48.3 Å². The Morgan fingerprint density at radius 2 is 2.13 bits per heavy atom. The molecule has 3 heteroatoms. The molecule has 2 N–H and O–H groups in total. The maximum atomic E-state index is 9.79. The number of aliphatic hydroxyl groups is 1. The standard InChI is InChI=1S/C12H26N2O/c1-5-10-8-14(9-12(2,3)15)7-6-11(10)13-4/h10-11,13,15H,5-9H2,1-4H3. The second kappa shape index (κ2) is 5.28. The number of likely N-dealkylation sites (tertiary alicyclic amines) is 1. The predicted molar refractivity (Wildman–Crippen MR) is 64.0 cm³/mol. The van der Waals surface area contributed by atoms with Crippen molar-refractivity contribution in [3.63, 3.8) is 0 Å². The topological polar surface area (TPSA) is 35.5 Å². The van der Waals surface area contributed by atoms with Gasteiger partial charge in [-0.15, -0.1) is 0 Å². The van der Waals surface area contributed by atoms with Crippen LogP contribution in [0.3, 0.4) is 0 Å². The highest BCUT2D eigenvalue weighted by molar-refractivity contribution is 4.85. The van der Waals surface area contributed by atoms with E-state index >= 15 is 0 Å². The lowest BCUT2D eigenvalue weighted by molar-refractivity contribution is 0.0157. The summed E-state index contributed by atoms with van der Waals surface area (Å²) in [6, 6.07) is 0.660. The molecular formula is C12H26N2O. The maximum Gasteiger partial charge on any atom is 0.0718 e. The lowest BCUT2D eigenvalue weighted by Crippen LogP contribution is -2.51. The van der Waals surface area contributed by atoms with Gasteiger partial charge in [0, 0.05) is 19.1 Å². The first-order valence-corrected chi connectivity index (χ1v) is 6.08. The summed E-state index contributed by atoms with van der Waals surface area (Å²) in [5.74, 6) is 0.728. The average molecular weight is 214 g/mol. The number of β-amino-alcohol motifs (C(OH)–C–C–N with tert-alkyl or cyclic N) is 1. The van der Waals surface area contributed by atoms with Crippen LogP contribution in [0.1, 0.15) is 33.6 Å². The molecule has 2 unspecified atom stereocenters. The Morgan fingerprint density at radius 3 is 2.60 bits per heavy atom. The van der Waals surface area contributed by atoms with Gasteiger partial charge in [-0.25, -0.2) is 0 Å². The van der Waals surface area contributed by atoms with Gasteiger partial charge in [0.05, 0.1) is 5.60 Å². The molecule has 0 radical (unpaired) electrons. The van der Waals surface area contributed by atoms with Gasteiger partial charge in [0.1, 0.15) is 0 Å². The van der Waals surface area contributed by atoms with E-state index in [1.165, 1.54) is 12.8 Å². The Labute approximate surface area is 93.9 Å². The van der Waals surface area contributed by atoms with E-state index < -0.39 is 5.60 Å². The van der Waals surface area contributed by atoms with E-state index in [1.54, 1.807) is 0 Å². The molecule has 1 aliphatic rings. The van der Waals surface area contributed by atoms with Crippen molar-refractivity contribution in [1.82, 2.24) is 10.2 Å². The van der Waals surface area contributed by atoms with Crippen LogP contribution in [0.2, 0.25) is 0 Å². The third-order valence-corrected chi connectivity index (χ3v) is 3.32. The maximum absolute atomic E-state index is 9.79. The lowest BCUT2D eigenvalue weighted by Gasteiger charge is -2.40. The van der Waals surface area contributed by atoms with E-state index in [0.717, 1.165) is 25.6 Å². The summed E-state index contributed by atoms with van der Waals surface area (Å²) in [6.45, 7) is 9.04. The van der Waals surface area contributed by atoms with E-state index in [0.29, 0.717) is 6.04 Å². The summed E-state index contributed by atoms with van der Waals surface area (Å²) in [5.41, 5.74) is -0.565. The molecule has 3 nitrogen and oxygen atoms in total. The van der Waals surface area contributed by atoms with Crippen LogP contribution in [0.25, 0.3) is 0 Å². The Kier molecular flexibility index (Phi) is 4.56. The SMILES string of the molecule is CCC1CN(CC(C)(C)O)CCC1NC. The highest BCUT2D eigenvalue weighted by Crippen LogP contribution is 2.21. The molecule has 1 aliphatic heterocycles. The van der Waals surface area contributed by atoms with Gasteiger partial charge < -0.3 is 15.3 Å². The largest absolute Gasteiger partial charge is 0.389 e. The van der Waals surface area contributed by atoms with Gasteiger partial charge in [-0.05, 0) is 39.8 Å². The number of hydrogen-bond donors (Lipinski definition) is 2. The van der Waals surface area contributed by atoms with Crippen LogP contribution in [0, 0.1) is 5.92 Å². The van der Waals surface area contributed by atoms with Gasteiger partial charge >= 0.3 is 0 Å². The molecule has 0 spiro atoms. The zero-order chi connectivity index (χ0) is 11.5. The Morgan fingerprint density at radius 1 is 1.47 bits per heavy atom. The molecule has 0 bridgehead atoms. The van der Waals surface area contributed by atoms with Gasteiger partial charge in [-0.2, -0.15) is 0 Å². The first kappa shape index (κ1) is 12.9. The zero-order valence-electron chi connectivity index (χ0n) is 10.6. The normalized spacial score (nSPS) is 29.4. The van der Waals surface area contributed by atoms with E-state index in [4.69, 9.17) is 0 Å². The second-order valence-electron chi connectivity index (χ2n) is 5.40. The van der Waals surface area contributed by atoms with Crippen LogP contribution < -0.4 is 5.32 Å². The van der Waals surface area contributed by atoms with E-state index in [-0.39, 0.29) is 0 Å². The van der Waals surface area contributed by atoms with Crippen molar-refractivity contribution < 1.29 is 5.11 Å². The highest BCUT2D eigenvalue weighted by Gasteiger charge is 2.29. The molecule has 90 valence electrons. The van der Waals surface area contributed by atoms with Gasteiger partial charge in [0.2, 0.25) is 0 Å². The van der Waals surface area contributed by atoms with E-state index in [9.17, 15) is 5.11 Å². The summed E-state index contributed by atoms with van der Waals surface area (Å²) in [6.07, 6.45) is 2.42. The Balaban J connectivity index is 2.46. The minimum Gasteiger partial charge on any atom is -0.389 e. The number of piperidine rings is 1. The van der Waals surface area contributed by atoms with Crippen molar-refractivity contribution in [3.05, 3.63) is 0 Å². The molecule has 1 heterocycles. The quantitative estimate of drug-likeness (QED) is 0.735. The molecule has 0 aromatic heterocycles. The minimum absolute atomic E-state index is 0.565. The molecule has 1 rings (SSSR count). The summed E-state index contributed by atoms with van der Waals surface area (Å²) in [4.78, 5) is 2.39. The van der Waals surface area contributed by atoms with Crippen molar-refractivity contribution in [2.45, 2.75) is 45.3 Å². The van der Waals surface area contributed by atoms with Crippen molar-refractivity contribution >= 4 is 0 Å². The van der Waals surface area contributed by atoms with Crippen molar-refractivity contribution in [2.24, 2.45) is 5.92 Å². The van der Waals surface area contributed by atoms with Gasteiger partial charge in [-0.1, -0.05) is 13.3 Å². The van der Waals surface area contributed by atoms with Gasteiger partial charge in [-0.3, -0.25) is 0 Å². The van der Waals surface area contributed by atoms with Crippen LogP contribution >= 0.6 is 0 Å². The summed E-state index contributed by atoms with van der Waals surface area (Å²) >= 11 is 0. The first-order valence-electron chi connectivity index (χ1n) is 6.08. The molecule has 0 aromatic rings. The van der Waals surface area contributed by atoms with Crippen LogP contribution in [0.5, 0.6) is 0 Å². The molecule has 1 saturated heterocycles. The fraction of sp³-hybridized carbons (Fsp3) is 1.00. The minimum atomic E-state index is -0.565. The van der Waals surface area contributed by atoms with Crippen LogP contribution in [0.4, 0.5) is 0 Å². The number of nitrogens with one attached hydrogen (secondary N) is 1. The molecule has 0 aromatic carbocycles. The molecule has 0 amide bonds. The number of hydrogen-bond acceptors (Lipinski definition) is 3. The summed E-state index contributed by atoms with van der Waals surface area (Å²) in [5, 5.41) is 13.2. The van der Waals surface area contributed by atoms with Crippen LogP contribution in [-0.2, 0) is 0 Å². The molecule has 2 atom stereocenters. The molecule has 15 heavy (non-hydrogen) atoms. The third-order valence-electron chi connectivity index (χ3n) is 3.32. The second-order valence-corrected chi connectivity index (χ2v) is 5.40. The van der Waals surface area contributed by atoms with Crippen molar-refractivity contribution in [2.75, 3.05) is 26.7 Å². The number of rotatable bonds is 4. The van der Waals surface area contributed by atoms with Crippen molar-refractivity contribution in [1.29, 1.82) is 0 Å². The predicted octanol–water partition coefficient (Wildman–Crippen LogP) is 1.08. The summed E-state index contributed by atoms with van der Waals surface area (Å²) < 4.78 is 0. The third kappa shape index (κ3) is 4.09. The Bertz CT molecular complexity index is 189. The van der Waals surface area contributed by atoms with Crippen LogP contribution in [0.15, 0.2) is 0 Å². The van der Waals surface area contributed by atoms with Gasteiger partial charge in [0.25, 0.3) is 0 Å². The van der Waals surface area contributed by atoms with E-state index in [2.05, 4.69) is 24.2 Å². The monoisotopic (exact) mass is 214 g/mol. The first-order chi connectivity index (χ1) is 6.96. The smallest absolute Gasteiger partial charge is 0.0718 e. The fourth-order valence-corrected chi connectivity index (χ4v) is 2.59. The molecule has 1 fully saturated rings. The fourth-order valence-electron chi connectivity index (χ4n) is 2.59. The highest BCUT2D eigenvalue weighted by atomic mass is 16.3. The number of nitrogens with zero attached hydrogens (tertiary/aromatic N) is 1. The molecule has 0 saturated carbocycles. The van der Waals surface area contributed by atoms with E-state index in [1.807, 2.05) is 13.8 Å². The zero-order valence-corrected chi connectivity index (χ0v) is 10.6. The van der Waals surface area contributed by atoms with Crippen molar-refractivity contribution in [3.8, 4) is 0 Å². The Hall–Kier alpha value is -0.120. The lowest BCUT2D eigenvalue weighted by atomic mass is 9.89. The summed E-state index contributed by atoms with van der Waals surface area (Å²) in [7, 11) is 2.05. The molecule has 0 aliphatic carbocycles.